The van der Waals surface area contributed by atoms with Crippen molar-refractivity contribution < 1.29 is 19.5 Å². The van der Waals surface area contributed by atoms with Gasteiger partial charge in [0, 0.05) is 12.0 Å². The number of carboxylic acid groups (broad SMARTS) is 1. The Morgan fingerprint density at radius 2 is 1.85 bits per heavy atom. The third-order valence-corrected chi connectivity index (χ3v) is 3.21. The molecule has 2 N–H and O–H groups in total. The highest BCUT2D eigenvalue weighted by atomic mass is 16.4. The van der Waals surface area contributed by atoms with Gasteiger partial charge in [-0.2, -0.15) is 0 Å². The molecule has 0 bridgehead atoms. The molecule has 0 radical (unpaired) electrons. The summed E-state index contributed by atoms with van der Waals surface area (Å²) in [4.78, 5) is 36.3. The second kappa shape index (κ2) is 6.24. The molecule has 0 heterocycles. The van der Waals surface area contributed by atoms with Crippen molar-refractivity contribution in [2.45, 2.75) is 46.6 Å². The lowest BCUT2D eigenvalue weighted by molar-refractivity contribution is -0.146. The molecule has 0 aromatic carbocycles. The molecule has 0 aromatic heterocycles. The van der Waals surface area contributed by atoms with Crippen LogP contribution >= 0.6 is 0 Å². The van der Waals surface area contributed by atoms with E-state index in [0.29, 0.717) is 12.5 Å². The van der Waals surface area contributed by atoms with E-state index in [1.165, 1.54) is 4.90 Å². The Bertz CT molecular complexity index is 396. The summed E-state index contributed by atoms with van der Waals surface area (Å²) in [5, 5.41) is 11.5. The summed E-state index contributed by atoms with van der Waals surface area (Å²) in [6.07, 6.45) is 2.07. The molecule has 6 nitrogen and oxygen atoms in total. The van der Waals surface area contributed by atoms with Gasteiger partial charge in [0.1, 0.15) is 12.6 Å². The third-order valence-electron chi connectivity index (χ3n) is 3.21. The predicted molar refractivity (Wildman–Crippen MR) is 74.0 cm³/mol. The second-order valence-electron chi connectivity index (χ2n) is 6.50. The molecule has 1 fully saturated rings. The quantitative estimate of drug-likeness (QED) is 0.757. The SMILES string of the molecule is CC(NC(=O)C(C)(C)C)C(=O)N(CC(=O)O)CC1CC1. The summed E-state index contributed by atoms with van der Waals surface area (Å²) in [6.45, 7) is 7.02. The zero-order valence-corrected chi connectivity index (χ0v) is 12.6. The molecule has 1 atom stereocenters. The highest BCUT2D eigenvalue weighted by molar-refractivity contribution is 5.90. The van der Waals surface area contributed by atoms with Crippen LogP contribution in [-0.2, 0) is 14.4 Å². The van der Waals surface area contributed by atoms with E-state index >= 15 is 0 Å². The van der Waals surface area contributed by atoms with Gasteiger partial charge in [-0.15, -0.1) is 0 Å². The number of nitrogens with one attached hydrogen (secondary N) is 1. The monoisotopic (exact) mass is 284 g/mol. The molecular weight excluding hydrogens is 260 g/mol. The topological polar surface area (TPSA) is 86.7 Å². The van der Waals surface area contributed by atoms with Gasteiger partial charge in [0.05, 0.1) is 0 Å². The average Bonchev–Trinajstić information content (AvgIpc) is 3.09. The highest BCUT2D eigenvalue weighted by Crippen LogP contribution is 2.29. The summed E-state index contributed by atoms with van der Waals surface area (Å²) >= 11 is 0. The van der Waals surface area contributed by atoms with E-state index in [1.807, 2.05) is 0 Å². The normalized spacial score (nSPS) is 16.4. The van der Waals surface area contributed by atoms with Crippen molar-refractivity contribution in [2.24, 2.45) is 11.3 Å². The van der Waals surface area contributed by atoms with Gasteiger partial charge in [0.15, 0.2) is 0 Å². The lowest BCUT2D eigenvalue weighted by atomic mass is 9.95. The number of nitrogens with zero attached hydrogens (tertiary/aromatic N) is 1. The van der Waals surface area contributed by atoms with E-state index in [2.05, 4.69) is 5.32 Å². The first-order valence-electron chi connectivity index (χ1n) is 6.93. The summed E-state index contributed by atoms with van der Waals surface area (Å²) in [5.41, 5.74) is -0.581. The molecule has 0 spiro atoms. The van der Waals surface area contributed by atoms with Crippen LogP contribution in [0.5, 0.6) is 0 Å². The molecule has 114 valence electrons. The fourth-order valence-electron chi connectivity index (χ4n) is 1.76. The lowest BCUT2D eigenvalue weighted by Gasteiger charge is -2.27. The van der Waals surface area contributed by atoms with Gasteiger partial charge in [0.2, 0.25) is 11.8 Å². The maximum Gasteiger partial charge on any atom is 0.323 e. The zero-order valence-electron chi connectivity index (χ0n) is 12.6. The van der Waals surface area contributed by atoms with Gasteiger partial charge in [-0.25, -0.2) is 0 Å². The summed E-state index contributed by atoms with van der Waals surface area (Å²) in [6, 6.07) is -0.708. The Labute approximate surface area is 119 Å². The molecular formula is C14H24N2O4. The van der Waals surface area contributed by atoms with Crippen LogP contribution in [0.25, 0.3) is 0 Å². The summed E-state index contributed by atoms with van der Waals surface area (Å²) in [5.74, 6) is -1.19. The van der Waals surface area contributed by atoms with Crippen molar-refractivity contribution in [1.82, 2.24) is 10.2 Å². The van der Waals surface area contributed by atoms with Crippen molar-refractivity contribution in [1.29, 1.82) is 0 Å². The molecule has 1 aliphatic carbocycles. The van der Waals surface area contributed by atoms with E-state index in [0.717, 1.165) is 12.8 Å². The number of aliphatic carboxylic acids is 1. The average molecular weight is 284 g/mol. The molecule has 6 heteroatoms. The number of hydrogen-bond acceptors (Lipinski definition) is 3. The first-order chi connectivity index (χ1) is 9.11. The lowest BCUT2D eigenvalue weighted by Crippen LogP contribution is -2.51. The van der Waals surface area contributed by atoms with Crippen LogP contribution in [0, 0.1) is 11.3 Å². The Morgan fingerprint density at radius 1 is 1.30 bits per heavy atom. The number of carbonyl (C=O) groups is 3. The largest absolute Gasteiger partial charge is 0.480 e. The number of hydrogen-bond donors (Lipinski definition) is 2. The molecule has 1 saturated carbocycles. The van der Waals surface area contributed by atoms with Crippen molar-refractivity contribution in [3.63, 3.8) is 0 Å². The maximum atomic E-state index is 12.3. The minimum absolute atomic E-state index is 0.222. The first-order valence-corrected chi connectivity index (χ1v) is 6.93. The number of rotatable bonds is 6. The Hall–Kier alpha value is -1.59. The molecule has 1 unspecified atom stereocenters. The number of carboxylic acids is 1. The van der Waals surface area contributed by atoms with Gasteiger partial charge in [0.25, 0.3) is 0 Å². The molecule has 20 heavy (non-hydrogen) atoms. The van der Waals surface area contributed by atoms with Gasteiger partial charge >= 0.3 is 5.97 Å². The molecule has 0 aliphatic heterocycles. The maximum absolute atomic E-state index is 12.3. The fraction of sp³-hybridized carbons (Fsp3) is 0.786. The van der Waals surface area contributed by atoms with Gasteiger partial charge < -0.3 is 15.3 Å². The standard InChI is InChI=1S/C14H24N2O4/c1-9(15-13(20)14(2,3)4)12(19)16(8-11(17)18)7-10-5-6-10/h9-10H,5-8H2,1-4H3,(H,15,20)(H,17,18). The van der Waals surface area contributed by atoms with Crippen molar-refractivity contribution in [3.8, 4) is 0 Å². The van der Waals surface area contributed by atoms with E-state index in [4.69, 9.17) is 5.11 Å². The van der Waals surface area contributed by atoms with Crippen LogP contribution < -0.4 is 5.32 Å². The van der Waals surface area contributed by atoms with Gasteiger partial charge in [-0.1, -0.05) is 20.8 Å². The first kappa shape index (κ1) is 16.5. The Balaban J connectivity index is 2.62. The molecule has 0 aromatic rings. The fourth-order valence-corrected chi connectivity index (χ4v) is 1.76. The van der Waals surface area contributed by atoms with E-state index in [9.17, 15) is 14.4 Å². The zero-order chi connectivity index (χ0) is 15.5. The molecule has 1 rings (SSSR count). The van der Waals surface area contributed by atoms with Crippen LogP contribution in [0.4, 0.5) is 0 Å². The van der Waals surface area contributed by atoms with E-state index < -0.39 is 17.4 Å². The van der Waals surface area contributed by atoms with E-state index in [-0.39, 0.29) is 18.4 Å². The Kier molecular flexibility index (Phi) is 5.14. The van der Waals surface area contributed by atoms with E-state index in [1.54, 1.807) is 27.7 Å². The minimum atomic E-state index is -1.03. The van der Waals surface area contributed by atoms with Crippen LogP contribution in [0.15, 0.2) is 0 Å². The number of amides is 2. The van der Waals surface area contributed by atoms with Crippen LogP contribution in [0.3, 0.4) is 0 Å². The number of carbonyl (C=O) groups excluding carboxylic acids is 2. The van der Waals surface area contributed by atoms with Crippen molar-refractivity contribution in [3.05, 3.63) is 0 Å². The smallest absolute Gasteiger partial charge is 0.323 e. The van der Waals surface area contributed by atoms with Crippen molar-refractivity contribution >= 4 is 17.8 Å². The summed E-state index contributed by atoms with van der Waals surface area (Å²) < 4.78 is 0. The molecule has 1 aliphatic rings. The van der Waals surface area contributed by atoms with Crippen LogP contribution in [0.2, 0.25) is 0 Å². The van der Waals surface area contributed by atoms with Gasteiger partial charge in [-0.3, -0.25) is 14.4 Å². The van der Waals surface area contributed by atoms with Crippen LogP contribution in [-0.4, -0.2) is 46.9 Å². The second-order valence-corrected chi connectivity index (χ2v) is 6.50. The third kappa shape index (κ3) is 5.19. The molecule has 0 saturated heterocycles. The predicted octanol–water partition coefficient (Wildman–Crippen LogP) is 0.860. The molecule has 2 amide bonds. The highest BCUT2D eigenvalue weighted by Gasteiger charge is 2.32. The van der Waals surface area contributed by atoms with Gasteiger partial charge in [-0.05, 0) is 25.7 Å². The minimum Gasteiger partial charge on any atom is -0.480 e. The summed E-state index contributed by atoms with van der Waals surface area (Å²) in [7, 11) is 0. The Morgan fingerprint density at radius 3 is 2.25 bits per heavy atom. The van der Waals surface area contributed by atoms with Crippen LogP contribution in [0.1, 0.15) is 40.5 Å². The van der Waals surface area contributed by atoms with Crippen molar-refractivity contribution in [2.75, 3.05) is 13.1 Å².